The fourth-order valence-corrected chi connectivity index (χ4v) is 5.13. The van der Waals surface area contributed by atoms with Gasteiger partial charge in [0.2, 0.25) is 5.91 Å². The van der Waals surface area contributed by atoms with Gasteiger partial charge in [-0.3, -0.25) is 9.59 Å². The molecule has 2 aromatic carbocycles. The third kappa shape index (κ3) is 4.25. The largest absolute Gasteiger partial charge is 0.459 e. The average molecular weight is 444 g/mol. The molecule has 0 bridgehead atoms. The molecular formula is C27H29N3O3. The van der Waals surface area contributed by atoms with Crippen molar-refractivity contribution < 1.29 is 14.0 Å². The van der Waals surface area contributed by atoms with Crippen molar-refractivity contribution in [3.63, 3.8) is 0 Å². The van der Waals surface area contributed by atoms with Crippen LogP contribution in [0, 0.1) is 12.8 Å². The Bertz CT molecular complexity index is 1100. The molecule has 3 heterocycles. The van der Waals surface area contributed by atoms with Gasteiger partial charge in [0, 0.05) is 50.9 Å². The molecule has 0 radical (unpaired) electrons. The number of hydrogen-bond donors (Lipinski definition) is 0. The molecule has 2 atom stereocenters. The second kappa shape index (κ2) is 9.14. The van der Waals surface area contributed by atoms with Gasteiger partial charge in [-0.1, -0.05) is 48.5 Å². The minimum atomic E-state index is -0.253. The maximum atomic E-state index is 13.7. The number of nitrogens with zero attached hydrogens (tertiary/aromatic N) is 3. The molecule has 3 aromatic rings. The molecule has 0 aliphatic carbocycles. The minimum Gasteiger partial charge on any atom is -0.459 e. The summed E-state index contributed by atoms with van der Waals surface area (Å²) in [5.74, 6) is 0.0359. The van der Waals surface area contributed by atoms with E-state index in [9.17, 15) is 9.59 Å². The Morgan fingerprint density at radius 1 is 0.818 bits per heavy atom. The summed E-state index contributed by atoms with van der Waals surface area (Å²) in [5.41, 5.74) is 3.59. The quantitative estimate of drug-likeness (QED) is 0.616. The third-order valence-corrected chi connectivity index (χ3v) is 6.93. The molecule has 2 fully saturated rings. The number of rotatable bonds is 4. The lowest BCUT2D eigenvalue weighted by Crippen LogP contribution is -2.51. The van der Waals surface area contributed by atoms with Crippen molar-refractivity contribution in [3.8, 4) is 0 Å². The predicted octanol–water partition coefficient (Wildman–Crippen LogP) is 3.79. The molecule has 5 rings (SSSR count). The molecule has 6 nitrogen and oxygen atoms in total. The van der Waals surface area contributed by atoms with Crippen LogP contribution in [0.3, 0.4) is 0 Å². The summed E-state index contributed by atoms with van der Waals surface area (Å²) in [4.78, 5) is 32.8. The number of benzene rings is 2. The van der Waals surface area contributed by atoms with E-state index >= 15 is 0 Å². The highest BCUT2D eigenvalue weighted by Crippen LogP contribution is 2.35. The van der Waals surface area contributed by atoms with Crippen molar-refractivity contribution in [3.05, 3.63) is 89.9 Å². The molecule has 2 amide bonds. The lowest BCUT2D eigenvalue weighted by atomic mass is 9.88. The van der Waals surface area contributed by atoms with E-state index in [0.29, 0.717) is 31.9 Å². The van der Waals surface area contributed by atoms with Crippen molar-refractivity contribution in [2.75, 3.05) is 44.2 Å². The standard InChI is InChI=1S/C27H29N3O3/c1-20-8-5-6-11-24(20)28-13-15-29(16-14-28)26(31)23-19-30(27(32)25-12-7-17-33-25)18-22(23)21-9-3-2-4-10-21/h2-12,17,22-23H,13-16,18-19H2,1H3. The van der Waals surface area contributed by atoms with Crippen LogP contribution in [0.15, 0.2) is 77.4 Å². The number of para-hydroxylation sites is 1. The molecule has 6 heteroatoms. The first-order valence-corrected chi connectivity index (χ1v) is 11.6. The summed E-state index contributed by atoms with van der Waals surface area (Å²) in [6.07, 6.45) is 1.51. The molecule has 0 saturated carbocycles. The highest BCUT2D eigenvalue weighted by atomic mass is 16.3. The number of piperazine rings is 1. The number of likely N-dealkylation sites (tertiary alicyclic amines) is 1. The van der Waals surface area contributed by atoms with Gasteiger partial charge in [-0.05, 0) is 36.2 Å². The SMILES string of the molecule is Cc1ccccc1N1CCN(C(=O)C2CN(C(=O)c3ccco3)CC2c2ccccc2)CC1. The zero-order chi connectivity index (χ0) is 22.8. The Morgan fingerprint density at radius 2 is 1.55 bits per heavy atom. The van der Waals surface area contributed by atoms with Gasteiger partial charge < -0.3 is 19.1 Å². The first-order chi connectivity index (χ1) is 16.1. The summed E-state index contributed by atoms with van der Waals surface area (Å²) in [6.45, 7) is 6.07. The summed E-state index contributed by atoms with van der Waals surface area (Å²) < 4.78 is 5.33. The summed E-state index contributed by atoms with van der Waals surface area (Å²) in [7, 11) is 0. The van der Waals surface area contributed by atoms with Crippen molar-refractivity contribution in [2.45, 2.75) is 12.8 Å². The number of amides is 2. The molecule has 2 saturated heterocycles. The van der Waals surface area contributed by atoms with Gasteiger partial charge in [-0.25, -0.2) is 0 Å². The number of carbonyl (C=O) groups is 2. The van der Waals surface area contributed by atoms with Gasteiger partial charge in [-0.2, -0.15) is 0 Å². The van der Waals surface area contributed by atoms with E-state index in [1.54, 1.807) is 17.0 Å². The highest BCUT2D eigenvalue weighted by Gasteiger charge is 2.43. The van der Waals surface area contributed by atoms with Crippen LogP contribution in [0.5, 0.6) is 0 Å². The van der Waals surface area contributed by atoms with Crippen molar-refractivity contribution >= 4 is 17.5 Å². The van der Waals surface area contributed by atoms with Crippen LogP contribution in [-0.4, -0.2) is 60.9 Å². The molecular weight excluding hydrogens is 414 g/mol. The Hall–Kier alpha value is -3.54. The maximum absolute atomic E-state index is 13.7. The first kappa shape index (κ1) is 21.3. The van der Waals surface area contributed by atoms with E-state index in [-0.39, 0.29) is 23.7 Å². The van der Waals surface area contributed by atoms with Crippen molar-refractivity contribution in [2.24, 2.45) is 5.92 Å². The number of furan rings is 1. The second-order valence-electron chi connectivity index (χ2n) is 8.91. The highest BCUT2D eigenvalue weighted by molar-refractivity contribution is 5.92. The number of aryl methyl sites for hydroxylation is 1. The fraction of sp³-hybridized carbons (Fsp3) is 0.333. The molecule has 33 heavy (non-hydrogen) atoms. The zero-order valence-electron chi connectivity index (χ0n) is 18.9. The van der Waals surface area contributed by atoms with E-state index in [2.05, 4.69) is 48.2 Å². The predicted molar refractivity (Wildman–Crippen MR) is 127 cm³/mol. The normalized spacial score (nSPS) is 20.8. The fourth-order valence-electron chi connectivity index (χ4n) is 5.13. The summed E-state index contributed by atoms with van der Waals surface area (Å²) in [5, 5.41) is 0. The zero-order valence-corrected chi connectivity index (χ0v) is 18.9. The van der Waals surface area contributed by atoms with Crippen LogP contribution < -0.4 is 4.90 Å². The van der Waals surface area contributed by atoms with Crippen LogP contribution in [-0.2, 0) is 4.79 Å². The number of anilines is 1. The third-order valence-electron chi connectivity index (χ3n) is 6.93. The number of hydrogen-bond acceptors (Lipinski definition) is 4. The van der Waals surface area contributed by atoms with E-state index in [4.69, 9.17) is 4.42 Å². The van der Waals surface area contributed by atoms with Crippen molar-refractivity contribution in [1.29, 1.82) is 0 Å². The Kier molecular flexibility index (Phi) is 5.90. The molecule has 2 aliphatic rings. The van der Waals surface area contributed by atoms with E-state index < -0.39 is 0 Å². The van der Waals surface area contributed by atoms with Gasteiger partial charge in [-0.15, -0.1) is 0 Å². The maximum Gasteiger partial charge on any atom is 0.289 e. The molecule has 2 unspecified atom stereocenters. The molecule has 2 aliphatic heterocycles. The average Bonchev–Trinajstić information content (AvgIpc) is 3.55. The summed E-state index contributed by atoms with van der Waals surface area (Å²) >= 11 is 0. The van der Waals surface area contributed by atoms with E-state index in [1.807, 2.05) is 23.1 Å². The van der Waals surface area contributed by atoms with Crippen LogP contribution in [0.4, 0.5) is 5.69 Å². The topological polar surface area (TPSA) is 57.0 Å². The molecule has 0 N–H and O–H groups in total. The van der Waals surface area contributed by atoms with Gasteiger partial charge >= 0.3 is 0 Å². The Labute approximate surface area is 194 Å². The minimum absolute atomic E-state index is 0.0213. The lowest BCUT2D eigenvalue weighted by molar-refractivity contribution is -0.135. The van der Waals surface area contributed by atoms with Gasteiger partial charge in [0.1, 0.15) is 0 Å². The van der Waals surface area contributed by atoms with Gasteiger partial charge in [0.15, 0.2) is 5.76 Å². The van der Waals surface area contributed by atoms with E-state index in [0.717, 1.165) is 18.7 Å². The first-order valence-electron chi connectivity index (χ1n) is 11.6. The van der Waals surface area contributed by atoms with Crippen LogP contribution in [0.1, 0.15) is 27.6 Å². The van der Waals surface area contributed by atoms with Crippen LogP contribution >= 0.6 is 0 Å². The van der Waals surface area contributed by atoms with Gasteiger partial charge in [0.05, 0.1) is 12.2 Å². The Balaban J connectivity index is 1.32. The smallest absolute Gasteiger partial charge is 0.289 e. The second-order valence-corrected chi connectivity index (χ2v) is 8.91. The van der Waals surface area contributed by atoms with Crippen LogP contribution in [0.2, 0.25) is 0 Å². The monoisotopic (exact) mass is 443 g/mol. The lowest BCUT2D eigenvalue weighted by Gasteiger charge is -2.38. The molecule has 170 valence electrons. The summed E-state index contributed by atoms with van der Waals surface area (Å²) in [6, 6.07) is 21.9. The Morgan fingerprint density at radius 3 is 2.24 bits per heavy atom. The molecule has 0 spiro atoms. The van der Waals surface area contributed by atoms with Crippen molar-refractivity contribution in [1.82, 2.24) is 9.80 Å². The molecule has 1 aromatic heterocycles. The van der Waals surface area contributed by atoms with Gasteiger partial charge in [0.25, 0.3) is 5.91 Å². The van der Waals surface area contributed by atoms with E-state index in [1.165, 1.54) is 17.5 Å². The van der Waals surface area contributed by atoms with Crippen LogP contribution in [0.25, 0.3) is 0 Å². The number of carbonyl (C=O) groups excluding carboxylic acids is 2.